The van der Waals surface area contributed by atoms with Gasteiger partial charge in [-0.05, 0) is 23.3 Å². The van der Waals surface area contributed by atoms with Gasteiger partial charge in [0, 0.05) is 9.79 Å². The van der Waals surface area contributed by atoms with Crippen LogP contribution in [0.4, 0.5) is 0 Å². The van der Waals surface area contributed by atoms with Crippen LogP contribution in [0.5, 0.6) is 0 Å². The molecule has 0 atom stereocenters. The quantitative estimate of drug-likeness (QED) is 0.496. The summed E-state index contributed by atoms with van der Waals surface area (Å²) in [6, 6.07) is 13.2. The summed E-state index contributed by atoms with van der Waals surface area (Å²) in [7, 11) is 0. The van der Waals surface area contributed by atoms with Gasteiger partial charge in [-0.25, -0.2) is 0 Å². The van der Waals surface area contributed by atoms with Crippen molar-refractivity contribution in [2.45, 2.75) is 19.8 Å². The van der Waals surface area contributed by atoms with Crippen molar-refractivity contribution in [3.05, 3.63) is 44.9 Å². The molecular weight excluding hydrogens is 357 g/mol. The molecule has 1 aromatic heterocycles. The summed E-state index contributed by atoms with van der Waals surface area (Å²) in [5, 5.41) is 2.13. The van der Waals surface area contributed by atoms with E-state index in [1.54, 1.807) is 23.5 Å². The lowest BCUT2D eigenvalue weighted by Crippen LogP contribution is -1.68. The minimum Gasteiger partial charge on any atom is -0.165 e. The summed E-state index contributed by atoms with van der Waals surface area (Å²) < 4.78 is 11.3. The van der Waals surface area contributed by atoms with Crippen molar-refractivity contribution < 1.29 is 0 Å². The van der Waals surface area contributed by atoms with Gasteiger partial charge in [0.25, 0.3) is 0 Å². The van der Waals surface area contributed by atoms with Crippen LogP contribution in [0.1, 0.15) is 0 Å². The smallest absolute Gasteiger partial charge is 0.150 e. The Morgan fingerprint density at radius 2 is 1.38 bits per heavy atom. The Morgan fingerprint density at radius 3 is 2.24 bits per heavy atom. The van der Waals surface area contributed by atoms with Crippen molar-refractivity contribution in [1.82, 2.24) is 8.75 Å². The number of thioether (sulfide) groups is 4. The maximum atomic E-state index is 4.33. The average Bonchev–Trinajstić information content (AvgIpc) is 3.20. The van der Waals surface area contributed by atoms with E-state index in [-0.39, 0.29) is 0 Å². The van der Waals surface area contributed by atoms with Crippen molar-refractivity contribution in [3.63, 3.8) is 0 Å². The van der Waals surface area contributed by atoms with Crippen LogP contribution in [0.3, 0.4) is 0 Å². The Balaban J connectivity index is 1.55. The van der Waals surface area contributed by atoms with Crippen LogP contribution in [-0.2, 0) is 0 Å². The lowest BCUT2D eigenvalue weighted by atomic mass is 10.2. The molecule has 0 bridgehead atoms. The number of nitrogens with zero attached hydrogens (tertiary/aromatic N) is 2. The molecule has 7 heteroatoms. The van der Waals surface area contributed by atoms with Crippen LogP contribution in [0.2, 0.25) is 0 Å². The van der Waals surface area contributed by atoms with Crippen molar-refractivity contribution in [3.8, 4) is 11.1 Å². The molecule has 0 amide bonds. The molecule has 4 aliphatic rings. The van der Waals surface area contributed by atoms with E-state index in [1.807, 2.05) is 23.5 Å². The SMILES string of the molecule is c1cc2ccc3c(cc-2c1)SC(=C1Sc2nsnc2S1)S3. The van der Waals surface area contributed by atoms with Crippen LogP contribution in [-0.4, -0.2) is 8.75 Å². The standard InChI is InChI=1S/C14H6N2S5/c1-2-7-4-5-9-10(6-8(7)3-1)18-13(17-9)14-19-11-12(20-14)16-21-15-11/h1-6H. The zero-order chi connectivity index (χ0) is 13.8. The fourth-order valence-electron chi connectivity index (χ4n) is 2.24. The molecule has 3 heterocycles. The summed E-state index contributed by atoms with van der Waals surface area (Å²) in [6.45, 7) is 0. The highest BCUT2D eigenvalue weighted by atomic mass is 32.2. The monoisotopic (exact) mass is 362 g/mol. The second kappa shape index (κ2) is 4.96. The van der Waals surface area contributed by atoms with E-state index in [0.29, 0.717) is 0 Å². The van der Waals surface area contributed by atoms with Gasteiger partial charge in [-0.3, -0.25) is 0 Å². The van der Waals surface area contributed by atoms with E-state index in [2.05, 4.69) is 45.1 Å². The zero-order valence-corrected chi connectivity index (χ0v) is 14.5. The minimum absolute atomic E-state index is 1.06. The molecule has 0 radical (unpaired) electrons. The van der Waals surface area contributed by atoms with Crippen molar-refractivity contribution in [2.24, 2.45) is 0 Å². The van der Waals surface area contributed by atoms with Crippen molar-refractivity contribution >= 4 is 58.8 Å². The van der Waals surface area contributed by atoms with Gasteiger partial charge in [-0.15, -0.1) is 0 Å². The molecule has 0 unspecified atom stereocenters. The minimum atomic E-state index is 1.06. The van der Waals surface area contributed by atoms with Crippen LogP contribution in [0, 0.1) is 0 Å². The highest BCUT2D eigenvalue weighted by Crippen LogP contribution is 2.60. The van der Waals surface area contributed by atoms with Gasteiger partial charge in [-0.1, -0.05) is 71.3 Å². The predicted octanol–water partition coefficient (Wildman–Crippen LogP) is 5.87. The maximum absolute atomic E-state index is 4.33. The molecule has 0 spiro atoms. The molecule has 2 aliphatic carbocycles. The number of hydrogen-bond donors (Lipinski definition) is 0. The summed E-state index contributed by atoms with van der Waals surface area (Å²) in [5.74, 6) is 0. The second-order valence-corrected chi connectivity index (χ2v) is 9.65. The first-order chi connectivity index (χ1) is 10.4. The Labute approximate surface area is 142 Å². The van der Waals surface area contributed by atoms with Crippen LogP contribution < -0.4 is 0 Å². The molecule has 2 nitrogen and oxygen atoms in total. The Morgan fingerprint density at radius 1 is 0.667 bits per heavy atom. The Hall–Kier alpha value is -0.600. The molecule has 21 heavy (non-hydrogen) atoms. The second-order valence-electron chi connectivity index (χ2n) is 4.50. The molecule has 0 saturated heterocycles. The van der Waals surface area contributed by atoms with Gasteiger partial charge < -0.3 is 0 Å². The van der Waals surface area contributed by atoms with Crippen molar-refractivity contribution in [2.75, 3.05) is 0 Å². The van der Waals surface area contributed by atoms with E-state index in [0.717, 1.165) is 10.1 Å². The predicted molar refractivity (Wildman–Crippen MR) is 93.4 cm³/mol. The number of hydrogen-bond acceptors (Lipinski definition) is 7. The normalized spacial score (nSPS) is 16.6. The average molecular weight is 363 g/mol. The zero-order valence-electron chi connectivity index (χ0n) is 10.4. The summed E-state index contributed by atoms with van der Waals surface area (Å²) in [4.78, 5) is 2.69. The third kappa shape index (κ3) is 2.14. The number of fused-ring (bicyclic) bond motifs is 3. The van der Waals surface area contributed by atoms with E-state index < -0.39 is 0 Å². The topological polar surface area (TPSA) is 25.8 Å². The first kappa shape index (κ1) is 12.9. The van der Waals surface area contributed by atoms with Gasteiger partial charge >= 0.3 is 0 Å². The van der Waals surface area contributed by atoms with Gasteiger partial charge in [0.2, 0.25) is 0 Å². The summed E-state index contributed by atoms with van der Waals surface area (Å²) in [5.41, 5.74) is 2.61. The largest absolute Gasteiger partial charge is 0.165 e. The van der Waals surface area contributed by atoms with E-state index in [1.165, 1.54) is 41.1 Å². The highest BCUT2D eigenvalue weighted by molar-refractivity contribution is 8.30. The summed E-state index contributed by atoms with van der Waals surface area (Å²) in [6.07, 6.45) is 0. The van der Waals surface area contributed by atoms with E-state index >= 15 is 0 Å². The highest BCUT2D eigenvalue weighted by Gasteiger charge is 2.29. The van der Waals surface area contributed by atoms with Gasteiger partial charge in [0.15, 0.2) is 0 Å². The Bertz CT molecular complexity index is 847. The summed E-state index contributed by atoms with van der Waals surface area (Å²) >= 11 is 8.53. The molecular formula is C14H6N2S5. The van der Waals surface area contributed by atoms with Gasteiger partial charge in [0.1, 0.15) is 10.1 Å². The van der Waals surface area contributed by atoms with E-state index in [4.69, 9.17) is 0 Å². The third-order valence-corrected chi connectivity index (χ3v) is 9.39. The fourth-order valence-corrected chi connectivity index (χ4v) is 8.06. The van der Waals surface area contributed by atoms with Crippen LogP contribution in [0.15, 0.2) is 64.7 Å². The molecule has 0 N–H and O–H groups in total. The van der Waals surface area contributed by atoms with E-state index in [9.17, 15) is 0 Å². The maximum Gasteiger partial charge on any atom is 0.150 e. The molecule has 0 aromatic carbocycles. The van der Waals surface area contributed by atoms with Gasteiger partial charge in [0.05, 0.1) is 20.2 Å². The Kier molecular flexibility index (Phi) is 3.04. The molecule has 102 valence electrons. The lowest BCUT2D eigenvalue weighted by molar-refractivity contribution is 1.10. The third-order valence-electron chi connectivity index (χ3n) is 3.21. The first-order valence-corrected chi connectivity index (χ1v) is 10.2. The fraction of sp³-hybridized carbons (Fsp3) is 0. The molecule has 0 fully saturated rings. The van der Waals surface area contributed by atoms with Crippen molar-refractivity contribution in [1.29, 1.82) is 0 Å². The van der Waals surface area contributed by atoms with Crippen LogP contribution >= 0.6 is 58.8 Å². The lowest BCUT2D eigenvalue weighted by Gasteiger charge is -1.99. The number of aromatic nitrogens is 2. The molecule has 1 aromatic rings. The van der Waals surface area contributed by atoms with Crippen LogP contribution in [0.25, 0.3) is 11.1 Å². The first-order valence-electron chi connectivity index (χ1n) is 6.18. The van der Waals surface area contributed by atoms with Gasteiger partial charge in [-0.2, -0.15) is 8.75 Å². The molecule has 2 aliphatic heterocycles. The molecule has 5 rings (SSSR count). The number of rotatable bonds is 0. The molecule has 0 saturated carbocycles.